The first-order chi connectivity index (χ1) is 17.4. The summed E-state index contributed by atoms with van der Waals surface area (Å²) < 4.78 is 18.6. The highest BCUT2D eigenvalue weighted by Gasteiger charge is 2.41. The average molecular weight is 497 g/mol. The minimum atomic E-state index is -1.09. The zero-order chi connectivity index (χ0) is 25.7. The van der Waals surface area contributed by atoms with Crippen molar-refractivity contribution in [1.82, 2.24) is 15.1 Å². The lowest BCUT2D eigenvalue weighted by atomic mass is 9.91. The van der Waals surface area contributed by atoms with Crippen LogP contribution in [0.4, 0.5) is 4.39 Å². The Kier molecular flexibility index (Phi) is 8.20. The number of ether oxygens (including phenoxy) is 1. The molecule has 0 spiro atoms. The Labute approximate surface area is 210 Å². The van der Waals surface area contributed by atoms with Crippen LogP contribution in [0.3, 0.4) is 0 Å². The van der Waals surface area contributed by atoms with E-state index in [0.29, 0.717) is 25.3 Å². The lowest BCUT2D eigenvalue weighted by Gasteiger charge is -2.43. The van der Waals surface area contributed by atoms with Crippen molar-refractivity contribution >= 4 is 17.7 Å². The maximum atomic E-state index is 13.6. The van der Waals surface area contributed by atoms with Crippen molar-refractivity contribution < 1.29 is 23.5 Å². The first-order valence-electron chi connectivity index (χ1n) is 12.4. The van der Waals surface area contributed by atoms with Gasteiger partial charge >= 0.3 is 0 Å². The molecule has 2 aromatic rings. The number of rotatable bonds is 6. The third kappa shape index (κ3) is 6.02. The fourth-order valence-corrected chi connectivity index (χ4v) is 4.90. The standard InChI is InChI=1S/C27H33FN4O4/c1-36-23-13-3-18(4-14-23)17-24(33)31-15-2-16-32(27(35)19-5-7-20(28)8-6-19)26(31)25(34)30-22-11-9-21(29)10-12-22/h3-8,13-14,21-22,26H,2,9-12,15-17,29H2,1H3,(H,30,34). The third-order valence-electron chi connectivity index (χ3n) is 6.93. The number of benzene rings is 2. The van der Waals surface area contributed by atoms with E-state index in [0.717, 1.165) is 31.2 Å². The summed E-state index contributed by atoms with van der Waals surface area (Å²) in [4.78, 5) is 43.3. The van der Waals surface area contributed by atoms with Crippen molar-refractivity contribution in [2.24, 2.45) is 5.73 Å². The van der Waals surface area contributed by atoms with Gasteiger partial charge in [-0.05, 0) is 74.1 Å². The molecule has 1 unspecified atom stereocenters. The lowest BCUT2D eigenvalue weighted by molar-refractivity contribution is -0.149. The number of hydrogen-bond donors (Lipinski definition) is 2. The fourth-order valence-electron chi connectivity index (χ4n) is 4.90. The van der Waals surface area contributed by atoms with Gasteiger partial charge in [0.1, 0.15) is 11.6 Å². The predicted molar refractivity (Wildman–Crippen MR) is 133 cm³/mol. The zero-order valence-electron chi connectivity index (χ0n) is 20.5. The molecular weight excluding hydrogens is 463 g/mol. The molecule has 3 amide bonds. The number of carbonyl (C=O) groups is 3. The third-order valence-corrected chi connectivity index (χ3v) is 6.93. The van der Waals surface area contributed by atoms with E-state index in [2.05, 4.69) is 5.32 Å². The maximum absolute atomic E-state index is 13.6. The van der Waals surface area contributed by atoms with Crippen LogP contribution in [0.5, 0.6) is 5.75 Å². The molecular formula is C27H33FN4O4. The highest BCUT2D eigenvalue weighted by Crippen LogP contribution is 2.23. The van der Waals surface area contributed by atoms with Gasteiger partial charge in [-0.3, -0.25) is 14.4 Å². The molecule has 4 rings (SSSR count). The number of hydrogen-bond acceptors (Lipinski definition) is 5. The fraction of sp³-hybridized carbons (Fsp3) is 0.444. The summed E-state index contributed by atoms with van der Waals surface area (Å²) >= 11 is 0. The van der Waals surface area contributed by atoms with Gasteiger partial charge in [-0.1, -0.05) is 12.1 Å². The quantitative estimate of drug-likeness (QED) is 0.639. The van der Waals surface area contributed by atoms with Gasteiger partial charge in [0.2, 0.25) is 5.91 Å². The van der Waals surface area contributed by atoms with E-state index >= 15 is 0 Å². The van der Waals surface area contributed by atoms with Crippen molar-refractivity contribution in [3.63, 3.8) is 0 Å². The molecule has 1 saturated carbocycles. The number of amides is 3. The molecule has 8 nitrogen and oxygen atoms in total. The van der Waals surface area contributed by atoms with Crippen LogP contribution in [-0.4, -0.2) is 66.0 Å². The van der Waals surface area contributed by atoms with E-state index < -0.39 is 17.9 Å². The summed E-state index contributed by atoms with van der Waals surface area (Å²) in [6.07, 6.45) is 2.67. The SMILES string of the molecule is COc1ccc(CC(=O)N2CCCN(C(=O)c3ccc(F)cc3)C2C(=O)NC2CCC(N)CC2)cc1. The molecule has 9 heteroatoms. The van der Waals surface area contributed by atoms with E-state index in [1.165, 1.54) is 34.1 Å². The Morgan fingerprint density at radius 2 is 1.61 bits per heavy atom. The summed E-state index contributed by atoms with van der Waals surface area (Å²) in [6.45, 7) is 0.673. The highest BCUT2D eigenvalue weighted by atomic mass is 19.1. The molecule has 0 radical (unpaired) electrons. The molecule has 1 heterocycles. The number of methoxy groups -OCH3 is 1. The number of halogens is 1. The van der Waals surface area contributed by atoms with Gasteiger partial charge in [0.25, 0.3) is 11.8 Å². The summed E-state index contributed by atoms with van der Waals surface area (Å²) in [5.74, 6) is -0.810. The molecule has 2 aromatic carbocycles. The number of nitrogens with two attached hydrogens (primary N) is 1. The summed E-state index contributed by atoms with van der Waals surface area (Å²) in [5, 5.41) is 3.06. The molecule has 1 aliphatic heterocycles. The van der Waals surface area contributed by atoms with Crippen molar-refractivity contribution in [1.29, 1.82) is 0 Å². The molecule has 192 valence electrons. The van der Waals surface area contributed by atoms with Crippen LogP contribution in [0.15, 0.2) is 48.5 Å². The van der Waals surface area contributed by atoms with Crippen LogP contribution in [0, 0.1) is 5.82 Å². The van der Waals surface area contributed by atoms with Gasteiger partial charge in [-0.15, -0.1) is 0 Å². The predicted octanol–water partition coefficient (Wildman–Crippen LogP) is 2.46. The Morgan fingerprint density at radius 3 is 2.25 bits per heavy atom. The van der Waals surface area contributed by atoms with E-state index in [1.54, 1.807) is 19.2 Å². The van der Waals surface area contributed by atoms with Crippen molar-refractivity contribution in [2.75, 3.05) is 20.2 Å². The Hall–Kier alpha value is -3.46. The minimum absolute atomic E-state index is 0.0551. The number of nitrogens with one attached hydrogen (secondary N) is 1. The Balaban J connectivity index is 1.57. The molecule has 36 heavy (non-hydrogen) atoms. The van der Waals surface area contributed by atoms with Gasteiger partial charge < -0.3 is 25.6 Å². The second-order valence-electron chi connectivity index (χ2n) is 9.46. The topological polar surface area (TPSA) is 105 Å². The number of nitrogens with zero attached hydrogens (tertiary/aromatic N) is 2. The van der Waals surface area contributed by atoms with Gasteiger partial charge in [-0.2, -0.15) is 0 Å². The zero-order valence-corrected chi connectivity index (χ0v) is 20.5. The first-order valence-corrected chi connectivity index (χ1v) is 12.4. The van der Waals surface area contributed by atoms with Crippen LogP contribution >= 0.6 is 0 Å². The van der Waals surface area contributed by atoms with Crippen molar-refractivity contribution in [3.05, 3.63) is 65.5 Å². The second-order valence-corrected chi connectivity index (χ2v) is 9.46. The summed E-state index contributed by atoms with van der Waals surface area (Å²) in [6, 6.07) is 12.5. The van der Waals surface area contributed by atoms with Gasteiger partial charge in [0, 0.05) is 30.7 Å². The molecule has 3 N–H and O–H groups in total. The van der Waals surface area contributed by atoms with Crippen LogP contribution in [0.25, 0.3) is 0 Å². The maximum Gasteiger partial charge on any atom is 0.264 e. The molecule has 2 fully saturated rings. The molecule has 0 aromatic heterocycles. The molecule has 1 saturated heterocycles. The van der Waals surface area contributed by atoms with Crippen LogP contribution in [0.1, 0.15) is 48.0 Å². The lowest BCUT2D eigenvalue weighted by Crippen LogP contribution is -2.64. The highest BCUT2D eigenvalue weighted by molar-refractivity contribution is 5.99. The van der Waals surface area contributed by atoms with Crippen LogP contribution in [0.2, 0.25) is 0 Å². The largest absolute Gasteiger partial charge is 0.497 e. The Bertz CT molecular complexity index is 1070. The van der Waals surface area contributed by atoms with E-state index in [9.17, 15) is 18.8 Å². The van der Waals surface area contributed by atoms with Crippen LogP contribution < -0.4 is 15.8 Å². The number of carbonyl (C=O) groups excluding carboxylic acids is 3. The van der Waals surface area contributed by atoms with E-state index in [-0.39, 0.29) is 35.9 Å². The summed E-state index contributed by atoms with van der Waals surface area (Å²) in [5.41, 5.74) is 7.05. The van der Waals surface area contributed by atoms with Gasteiger partial charge in [0.05, 0.1) is 13.5 Å². The molecule has 1 atom stereocenters. The summed E-state index contributed by atoms with van der Waals surface area (Å²) in [7, 11) is 1.57. The van der Waals surface area contributed by atoms with E-state index in [4.69, 9.17) is 10.5 Å². The second kappa shape index (κ2) is 11.5. The van der Waals surface area contributed by atoms with Crippen LogP contribution in [-0.2, 0) is 16.0 Å². The van der Waals surface area contributed by atoms with Crippen molar-refractivity contribution in [2.45, 2.75) is 56.8 Å². The molecule has 1 aliphatic carbocycles. The normalized spacial score (nSPS) is 22.1. The van der Waals surface area contributed by atoms with Gasteiger partial charge in [-0.25, -0.2) is 4.39 Å². The van der Waals surface area contributed by atoms with E-state index in [1.807, 2.05) is 12.1 Å². The minimum Gasteiger partial charge on any atom is -0.497 e. The van der Waals surface area contributed by atoms with Crippen molar-refractivity contribution in [3.8, 4) is 5.75 Å². The molecule has 0 bridgehead atoms. The Morgan fingerprint density at radius 1 is 0.972 bits per heavy atom. The first kappa shape index (κ1) is 25.6. The molecule has 2 aliphatic rings. The smallest absolute Gasteiger partial charge is 0.264 e. The average Bonchev–Trinajstić information content (AvgIpc) is 2.90. The monoisotopic (exact) mass is 496 g/mol. The van der Waals surface area contributed by atoms with Gasteiger partial charge in [0.15, 0.2) is 6.17 Å².